The van der Waals surface area contributed by atoms with Gasteiger partial charge in [0.2, 0.25) is 5.91 Å². The number of amides is 2. The molecule has 0 N–H and O–H groups in total. The predicted molar refractivity (Wildman–Crippen MR) is 157 cm³/mol. The molecule has 1 aromatic heterocycles. The highest BCUT2D eigenvalue weighted by atomic mass is 32.1. The van der Waals surface area contributed by atoms with E-state index >= 15 is 0 Å². The van der Waals surface area contributed by atoms with Gasteiger partial charge in [0.25, 0.3) is 5.91 Å². The van der Waals surface area contributed by atoms with Crippen molar-refractivity contribution in [3.8, 4) is 5.75 Å². The molecule has 206 valence electrons. The molecule has 6 nitrogen and oxygen atoms in total. The Morgan fingerprint density at radius 2 is 1.69 bits per heavy atom. The van der Waals surface area contributed by atoms with Crippen LogP contribution in [0.3, 0.4) is 0 Å². The largest absolute Gasteiger partial charge is 0.497 e. The summed E-state index contributed by atoms with van der Waals surface area (Å²) in [6.07, 6.45) is 0.958. The summed E-state index contributed by atoms with van der Waals surface area (Å²) >= 11 is 1.80. The number of ether oxygens (including phenoxy) is 1. The number of piperazine rings is 1. The third-order valence-electron chi connectivity index (χ3n) is 8.07. The van der Waals surface area contributed by atoms with Crippen molar-refractivity contribution in [3.05, 3.63) is 87.1 Å². The topological polar surface area (TPSA) is 53.1 Å². The molecule has 0 aliphatic carbocycles. The van der Waals surface area contributed by atoms with Crippen molar-refractivity contribution in [3.63, 3.8) is 0 Å². The van der Waals surface area contributed by atoms with E-state index < -0.39 is 0 Å². The molecule has 0 bridgehead atoms. The summed E-state index contributed by atoms with van der Waals surface area (Å²) in [6.45, 7) is 11.4. The van der Waals surface area contributed by atoms with Crippen LogP contribution in [-0.4, -0.2) is 72.4 Å². The number of thiophene rings is 1. The molecular weight excluding hydrogens is 506 g/mol. The number of hydrogen-bond donors (Lipinski definition) is 0. The molecule has 2 atom stereocenters. The summed E-state index contributed by atoms with van der Waals surface area (Å²) in [6, 6.07) is 18.4. The molecule has 1 saturated heterocycles. The van der Waals surface area contributed by atoms with Crippen LogP contribution in [0.25, 0.3) is 0 Å². The third kappa shape index (κ3) is 5.75. The number of carbonyl (C=O) groups is 2. The maximum atomic E-state index is 13.6. The molecule has 3 heterocycles. The summed E-state index contributed by atoms with van der Waals surface area (Å²) in [7, 11) is 1.68. The average molecular weight is 546 g/mol. The number of carbonyl (C=O) groups excluding carboxylic acids is 2. The van der Waals surface area contributed by atoms with E-state index in [1.807, 2.05) is 41.0 Å². The number of fused-ring (bicyclic) bond motifs is 1. The molecular formula is C32H39N3O3S. The van der Waals surface area contributed by atoms with E-state index in [4.69, 9.17) is 4.74 Å². The van der Waals surface area contributed by atoms with Crippen molar-refractivity contribution in [1.82, 2.24) is 14.7 Å². The van der Waals surface area contributed by atoms with Gasteiger partial charge in [0, 0.05) is 42.7 Å². The minimum atomic E-state index is -0.0419. The van der Waals surface area contributed by atoms with Crippen molar-refractivity contribution in [2.75, 3.05) is 39.8 Å². The SMILES string of the molecule is COc1ccc([C@@H]2c3ccsc3CCN2CC(=O)N2CCN(C(=O)c3ccc(C(C)(C)C)cc3)[C@@H](C)C2)cc1. The van der Waals surface area contributed by atoms with Crippen LogP contribution in [0.15, 0.2) is 60.0 Å². The molecule has 2 aliphatic rings. The summed E-state index contributed by atoms with van der Waals surface area (Å²) in [5.74, 6) is 0.991. The highest BCUT2D eigenvalue weighted by molar-refractivity contribution is 7.10. The van der Waals surface area contributed by atoms with Gasteiger partial charge in [-0.05, 0) is 71.2 Å². The lowest BCUT2D eigenvalue weighted by molar-refractivity contribution is -0.135. The minimum absolute atomic E-state index is 0.0376. The fourth-order valence-electron chi connectivity index (χ4n) is 5.75. The first kappa shape index (κ1) is 27.4. The van der Waals surface area contributed by atoms with Gasteiger partial charge in [-0.1, -0.05) is 45.0 Å². The van der Waals surface area contributed by atoms with E-state index in [0.29, 0.717) is 31.7 Å². The molecule has 7 heteroatoms. The van der Waals surface area contributed by atoms with Crippen molar-refractivity contribution in [1.29, 1.82) is 0 Å². The minimum Gasteiger partial charge on any atom is -0.497 e. The molecule has 2 amide bonds. The molecule has 2 aromatic carbocycles. The van der Waals surface area contributed by atoms with Gasteiger partial charge in [0.15, 0.2) is 0 Å². The fraction of sp³-hybridized carbons (Fsp3) is 0.438. The van der Waals surface area contributed by atoms with E-state index in [-0.39, 0.29) is 29.3 Å². The van der Waals surface area contributed by atoms with Crippen LogP contribution < -0.4 is 4.74 Å². The molecule has 0 radical (unpaired) electrons. The average Bonchev–Trinajstić information content (AvgIpc) is 3.41. The van der Waals surface area contributed by atoms with Crippen molar-refractivity contribution < 1.29 is 14.3 Å². The molecule has 0 spiro atoms. The zero-order valence-corrected chi connectivity index (χ0v) is 24.5. The molecule has 39 heavy (non-hydrogen) atoms. The lowest BCUT2D eigenvalue weighted by Gasteiger charge is -2.42. The highest BCUT2D eigenvalue weighted by Gasteiger charge is 2.34. The second-order valence-corrected chi connectivity index (χ2v) is 12.7. The molecule has 2 aliphatic heterocycles. The van der Waals surface area contributed by atoms with Gasteiger partial charge in [-0.2, -0.15) is 0 Å². The first-order valence-corrected chi connectivity index (χ1v) is 14.7. The molecule has 0 saturated carbocycles. The Labute approximate surface area is 236 Å². The van der Waals surface area contributed by atoms with Crippen molar-refractivity contribution in [2.45, 2.75) is 51.6 Å². The van der Waals surface area contributed by atoms with Gasteiger partial charge < -0.3 is 14.5 Å². The lowest BCUT2D eigenvalue weighted by Crippen LogP contribution is -2.57. The standard InChI is InChI=1S/C32H39N3O3S/c1-22-20-33(17-18-35(22)31(37)24-6-10-25(11-7-24)32(2,3)4)29(36)21-34-16-14-28-27(15-19-39-28)30(34)23-8-12-26(38-5)13-9-23/h6-13,15,19,22,30H,14,16-18,20-21H2,1-5H3/t22-,30+/m0/s1. The zero-order chi connectivity index (χ0) is 27.7. The number of hydrogen-bond acceptors (Lipinski definition) is 5. The fourth-order valence-corrected chi connectivity index (χ4v) is 6.66. The number of benzene rings is 2. The van der Waals surface area contributed by atoms with Gasteiger partial charge in [0.05, 0.1) is 19.7 Å². The van der Waals surface area contributed by atoms with Crippen LogP contribution in [0.5, 0.6) is 5.75 Å². The van der Waals surface area contributed by atoms with Crippen LogP contribution in [0.4, 0.5) is 0 Å². The highest BCUT2D eigenvalue weighted by Crippen LogP contribution is 2.38. The smallest absolute Gasteiger partial charge is 0.254 e. The van der Waals surface area contributed by atoms with Gasteiger partial charge in [-0.15, -0.1) is 11.3 Å². The van der Waals surface area contributed by atoms with Crippen LogP contribution in [0, 0.1) is 0 Å². The second kappa shape index (κ2) is 11.1. The van der Waals surface area contributed by atoms with Crippen molar-refractivity contribution >= 4 is 23.2 Å². The Hall–Kier alpha value is -3.16. The Balaban J connectivity index is 1.25. The van der Waals surface area contributed by atoms with Crippen LogP contribution in [0.1, 0.15) is 65.7 Å². The summed E-state index contributed by atoms with van der Waals surface area (Å²) in [5.41, 5.74) is 4.43. The normalized spacial score (nSPS) is 20.0. The Bertz CT molecular complexity index is 1310. The maximum absolute atomic E-state index is 13.6. The predicted octanol–water partition coefficient (Wildman–Crippen LogP) is 5.37. The van der Waals surface area contributed by atoms with Gasteiger partial charge in [-0.3, -0.25) is 14.5 Å². The summed E-state index contributed by atoms with van der Waals surface area (Å²) in [4.78, 5) is 34.4. The van der Waals surface area contributed by atoms with E-state index in [1.54, 1.807) is 18.4 Å². The van der Waals surface area contributed by atoms with E-state index in [9.17, 15) is 9.59 Å². The van der Waals surface area contributed by atoms with E-state index in [2.05, 4.69) is 61.4 Å². The Morgan fingerprint density at radius 3 is 2.33 bits per heavy atom. The Kier molecular flexibility index (Phi) is 7.83. The zero-order valence-electron chi connectivity index (χ0n) is 23.6. The number of nitrogens with zero attached hydrogens (tertiary/aromatic N) is 3. The van der Waals surface area contributed by atoms with Gasteiger partial charge in [0.1, 0.15) is 5.75 Å². The number of rotatable bonds is 5. The van der Waals surface area contributed by atoms with Gasteiger partial charge in [-0.25, -0.2) is 0 Å². The molecule has 3 aromatic rings. The number of methoxy groups -OCH3 is 1. The lowest BCUT2D eigenvalue weighted by atomic mass is 9.86. The summed E-state index contributed by atoms with van der Waals surface area (Å²) < 4.78 is 5.36. The first-order chi connectivity index (χ1) is 18.7. The molecule has 1 fully saturated rings. The Morgan fingerprint density at radius 1 is 0.974 bits per heavy atom. The summed E-state index contributed by atoms with van der Waals surface area (Å²) in [5, 5.41) is 2.15. The quantitative estimate of drug-likeness (QED) is 0.432. The van der Waals surface area contributed by atoms with Crippen LogP contribution in [-0.2, 0) is 16.6 Å². The second-order valence-electron chi connectivity index (χ2n) is 11.7. The third-order valence-corrected chi connectivity index (χ3v) is 9.07. The van der Waals surface area contributed by atoms with E-state index in [1.165, 1.54) is 21.6 Å². The molecule has 0 unspecified atom stereocenters. The van der Waals surface area contributed by atoms with E-state index in [0.717, 1.165) is 18.7 Å². The monoisotopic (exact) mass is 545 g/mol. The van der Waals surface area contributed by atoms with Crippen molar-refractivity contribution in [2.24, 2.45) is 0 Å². The van der Waals surface area contributed by atoms with Crippen LogP contribution >= 0.6 is 11.3 Å². The van der Waals surface area contributed by atoms with Gasteiger partial charge >= 0.3 is 0 Å². The molecule has 5 rings (SSSR count). The maximum Gasteiger partial charge on any atom is 0.254 e. The van der Waals surface area contributed by atoms with Crippen LogP contribution in [0.2, 0.25) is 0 Å². The first-order valence-electron chi connectivity index (χ1n) is 13.8.